The lowest BCUT2D eigenvalue weighted by atomic mass is 10.1. The topological polar surface area (TPSA) is 102 Å². The predicted octanol–water partition coefficient (Wildman–Crippen LogP) is 2.33. The van der Waals surface area contributed by atoms with Crippen molar-refractivity contribution in [2.45, 2.75) is 6.42 Å². The summed E-state index contributed by atoms with van der Waals surface area (Å²) in [5.74, 6) is -0.481. The highest BCUT2D eigenvalue weighted by molar-refractivity contribution is 6.04. The maximum Gasteiger partial charge on any atom is 0.307 e. The van der Waals surface area contributed by atoms with Crippen molar-refractivity contribution >= 4 is 30.0 Å². The normalized spacial score (nSPS) is 9.71. The second-order valence-electron chi connectivity index (χ2n) is 4.88. The first kappa shape index (κ1) is 19.5. The second kappa shape index (κ2) is 9.54. The minimum Gasteiger partial charge on any atom is -0.492 e. The van der Waals surface area contributed by atoms with E-state index in [-0.39, 0.29) is 24.7 Å². The number of aliphatic carboxylic acids is 1. The number of rotatable bonds is 7. The Morgan fingerprint density at radius 2 is 1.67 bits per heavy atom. The number of ether oxygens (including phenoxy) is 1. The molecule has 24 heavy (non-hydrogen) atoms. The van der Waals surface area contributed by atoms with Crippen LogP contribution in [0.2, 0.25) is 0 Å². The van der Waals surface area contributed by atoms with E-state index in [0.717, 1.165) is 0 Å². The molecule has 0 aromatic heterocycles. The van der Waals surface area contributed by atoms with E-state index in [1.807, 2.05) is 0 Å². The van der Waals surface area contributed by atoms with Crippen molar-refractivity contribution in [3.05, 3.63) is 59.7 Å². The first-order valence-corrected chi connectivity index (χ1v) is 7.13. The van der Waals surface area contributed by atoms with Crippen LogP contribution in [0.1, 0.15) is 15.9 Å². The molecule has 1 amide bonds. The van der Waals surface area contributed by atoms with Gasteiger partial charge in [0.2, 0.25) is 0 Å². The molecule has 0 heterocycles. The Labute approximate surface area is 146 Å². The molecule has 128 valence electrons. The molecule has 4 N–H and O–H groups in total. The summed E-state index contributed by atoms with van der Waals surface area (Å²) in [6.45, 7) is 0.856. The molecule has 0 atom stereocenters. The van der Waals surface area contributed by atoms with Crippen LogP contribution in [0.3, 0.4) is 0 Å². The van der Waals surface area contributed by atoms with Crippen molar-refractivity contribution in [1.82, 2.24) is 0 Å². The van der Waals surface area contributed by atoms with E-state index in [1.165, 1.54) is 0 Å². The Balaban J connectivity index is 0.00000288. The van der Waals surface area contributed by atoms with Gasteiger partial charge in [-0.25, -0.2) is 0 Å². The smallest absolute Gasteiger partial charge is 0.307 e. The number of hydrogen-bond acceptors (Lipinski definition) is 4. The SMILES string of the molecule is Cl.NCCOc1ccc(C(=O)Nc2ccc(CC(=O)O)cc2)cc1. The fourth-order valence-electron chi connectivity index (χ4n) is 1.96. The van der Waals surface area contributed by atoms with Crippen molar-refractivity contribution in [2.24, 2.45) is 5.73 Å². The molecule has 2 aromatic carbocycles. The van der Waals surface area contributed by atoms with Gasteiger partial charge in [0.25, 0.3) is 5.91 Å². The number of benzene rings is 2. The predicted molar refractivity (Wildman–Crippen MR) is 94.0 cm³/mol. The van der Waals surface area contributed by atoms with Crippen LogP contribution in [0.25, 0.3) is 0 Å². The first-order chi connectivity index (χ1) is 11.1. The molecule has 0 bridgehead atoms. The molecule has 0 spiro atoms. The van der Waals surface area contributed by atoms with E-state index in [2.05, 4.69) is 5.32 Å². The third kappa shape index (κ3) is 5.91. The molecule has 0 fully saturated rings. The highest BCUT2D eigenvalue weighted by Crippen LogP contribution is 2.15. The molecule has 0 saturated carbocycles. The number of carboxylic acid groups (broad SMARTS) is 1. The summed E-state index contributed by atoms with van der Waals surface area (Å²) >= 11 is 0. The van der Waals surface area contributed by atoms with Crippen LogP contribution in [-0.4, -0.2) is 30.1 Å². The molecule has 0 aliphatic rings. The van der Waals surface area contributed by atoms with Gasteiger partial charge >= 0.3 is 5.97 Å². The zero-order valence-corrected chi connectivity index (χ0v) is 13.7. The van der Waals surface area contributed by atoms with E-state index in [0.29, 0.717) is 35.7 Å². The average Bonchev–Trinajstić information content (AvgIpc) is 2.54. The zero-order chi connectivity index (χ0) is 16.7. The van der Waals surface area contributed by atoms with Crippen molar-refractivity contribution in [1.29, 1.82) is 0 Å². The van der Waals surface area contributed by atoms with Crippen LogP contribution in [0.15, 0.2) is 48.5 Å². The molecule has 0 aliphatic heterocycles. The lowest BCUT2D eigenvalue weighted by Crippen LogP contribution is -2.12. The largest absolute Gasteiger partial charge is 0.492 e. The van der Waals surface area contributed by atoms with Gasteiger partial charge in [-0.3, -0.25) is 9.59 Å². The van der Waals surface area contributed by atoms with Crippen LogP contribution in [0.5, 0.6) is 5.75 Å². The van der Waals surface area contributed by atoms with E-state index in [1.54, 1.807) is 48.5 Å². The monoisotopic (exact) mass is 350 g/mol. The Kier molecular flexibility index (Phi) is 7.74. The maximum absolute atomic E-state index is 12.1. The van der Waals surface area contributed by atoms with E-state index < -0.39 is 5.97 Å². The number of carboxylic acids is 1. The number of anilines is 1. The minimum atomic E-state index is -0.890. The summed E-state index contributed by atoms with van der Waals surface area (Å²) in [5, 5.41) is 11.5. The Hall–Kier alpha value is -2.57. The Bertz CT molecular complexity index is 672. The highest BCUT2D eigenvalue weighted by Gasteiger charge is 2.07. The molecule has 2 aromatic rings. The molecular weight excluding hydrogens is 332 g/mol. The van der Waals surface area contributed by atoms with Crippen molar-refractivity contribution in [2.75, 3.05) is 18.5 Å². The van der Waals surface area contributed by atoms with Gasteiger partial charge in [0.05, 0.1) is 6.42 Å². The summed E-state index contributed by atoms with van der Waals surface area (Å²) in [6, 6.07) is 13.5. The van der Waals surface area contributed by atoms with Gasteiger partial charge in [0, 0.05) is 17.8 Å². The maximum atomic E-state index is 12.1. The summed E-state index contributed by atoms with van der Waals surface area (Å²) in [5.41, 5.74) is 7.14. The van der Waals surface area contributed by atoms with E-state index >= 15 is 0 Å². The number of carbonyl (C=O) groups excluding carboxylic acids is 1. The zero-order valence-electron chi connectivity index (χ0n) is 12.9. The minimum absolute atomic E-state index is 0. The fraction of sp³-hybridized carbons (Fsp3) is 0.176. The summed E-state index contributed by atoms with van der Waals surface area (Å²) in [6.07, 6.45) is -0.0432. The van der Waals surface area contributed by atoms with Gasteiger partial charge in [-0.05, 0) is 42.0 Å². The Morgan fingerprint density at radius 1 is 1.04 bits per heavy atom. The molecule has 7 heteroatoms. The Morgan fingerprint density at radius 3 is 2.21 bits per heavy atom. The first-order valence-electron chi connectivity index (χ1n) is 7.13. The van der Waals surface area contributed by atoms with Gasteiger partial charge in [-0.1, -0.05) is 12.1 Å². The van der Waals surface area contributed by atoms with E-state index in [4.69, 9.17) is 15.6 Å². The third-order valence-corrected chi connectivity index (χ3v) is 3.07. The van der Waals surface area contributed by atoms with Crippen molar-refractivity contribution < 1.29 is 19.4 Å². The van der Waals surface area contributed by atoms with E-state index in [9.17, 15) is 9.59 Å². The second-order valence-corrected chi connectivity index (χ2v) is 4.88. The lowest BCUT2D eigenvalue weighted by Gasteiger charge is -2.08. The third-order valence-electron chi connectivity index (χ3n) is 3.07. The average molecular weight is 351 g/mol. The van der Waals surface area contributed by atoms with Crippen LogP contribution in [0.4, 0.5) is 5.69 Å². The fourth-order valence-corrected chi connectivity index (χ4v) is 1.96. The van der Waals surface area contributed by atoms with Crippen molar-refractivity contribution in [3.63, 3.8) is 0 Å². The summed E-state index contributed by atoms with van der Waals surface area (Å²) < 4.78 is 5.35. The molecule has 6 nitrogen and oxygen atoms in total. The number of nitrogens with two attached hydrogens (primary N) is 1. The quantitative estimate of drug-likeness (QED) is 0.711. The number of hydrogen-bond donors (Lipinski definition) is 3. The molecule has 0 aliphatic carbocycles. The van der Waals surface area contributed by atoms with Gasteiger partial charge in [-0.15, -0.1) is 12.4 Å². The molecule has 0 radical (unpaired) electrons. The number of amides is 1. The van der Waals surface area contributed by atoms with Crippen LogP contribution < -0.4 is 15.8 Å². The number of carbonyl (C=O) groups is 2. The lowest BCUT2D eigenvalue weighted by molar-refractivity contribution is -0.136. The molecule has 0 saturated heterocycles. The summed E-state index contributed by atoms with van der Waals surface area (Å²) in [7, 11) is 0. The van der Waals surface area contributed by atoms with Gasteiger partial charge < -0.3 is 20.9 Å². The van der Waals surface area contributed by atoms with Gasteiger partial charge in [-0.2, -0.15) is 0 Å². The number of nitrogens with one attached hydrogen (secondary N) is 1. The standard InChI is InChI=1S/C17H18N2O4.ClH/c18-9-10-23-15-7-3-13(4-8-15)17(22)19-14-5-1-12(2-6-14)11-16(20)21;/h1-8H,9-11,18H2,(H,19,22)(H,20,21);1H. The molecule has 2 rings (SSSR count). The molecule has 0 unspecified atom stereocenters. The van der Waals surface area contributed by atoms with Crippen LogP contribution in [0, 0.1) is 0 Å². The number of halogens is 1. The van der Waals surface area contributed by atoms with Crippen LogP contribution in [-0.2, 0) is 11.2 Å². The highest BCUT2D eigenvalue weighted by atomic mass is 35.5. The van der Waals surface area contributed by atoms with Gasteiger partial charge in [0.15, 0.2) is 0 Å². The van der Waals surface area contributed by atoms with Crippen LogP contribution >= 0.6 is 12.4 Å². The van der Waals surface area contributed by atoms with Crippen molar-refractivity contribution in [3.8, 4) is 5.75 Å². The van der Waals surface area contributed by atoms with Gasteiger partial charge in [0.1, 0.15) is 12.4 Å². The summed E-state index contributed by atoms with van der Waals surface area (Å²) in [4.78, 5) is 22.8. The molecular formula is C17H19ClN2O4.